The summed E-state index contributed by atoms with van der Waals surface area (Å²) in [4.78, 5) is 114. The van der Waals surface area contributed by atoms with Crippen molar-refractivity contribution in [3.8, 4) is 0 Å². The second kappa shape index (κ2) is 25.9. The van der Waals surface area contributed by atoms with Crippen LogP contribution < -0.4 is 0 Å². The number of carboxylic acids is 6. The average molecular weight is 859 g/mol. The molecule has 3 aliphatic rings. The van der Waals surface area contributed by atoms with Crippen LogP contribution in [0.1, 0.15) is 0 Å². The zero-order valence-corrected chi connectivity index (χ0v) is 34.2. The molecule has 6 N–H and O–H groups in total. The number of hydrogen-bond acceptors (Lipinski definition) is 16. The second-order valence-electron chi connectivity index (χ2n) is 15.3. The van der Waals surface area contributed by atoms with Gasteiger partial charge in [0.05, 0.1) is 52.4 Å². The minimum absolute atomic E-state index is 0.0254. The van der Waals surface area contributed by atoms with Crippen molar-refractivity contribution in [3.63, 3.8) is 0 Å². The van der Waals surface area contributed by atoms with Crippen molar-refractivity contribution in [2.75, 3.05) is 183 Å². The first kappa shape index (κ1) is 49.8. The van der Waals surface area contributed by atoms with Gasteiger partial charge in [-0.05, 0) is 0 Å². The molecule has 0 atom stereocenters. The van der Waals surface area contributed by atoms with E-state index in [0.717, 1.165) is 0 Å². The predicted octanol–water partition coefficient (Wildman–Crippen LogP) is -5.39. The van der Waals surface area contributed by atoms with Gasteiger partial charge in [-0.3, -0.25) is 77.6 Å². The summed E-state index contributed by atoms with van der Waals surface area (Å²) in [5.74, 6) is -6.73. The first-order valence-electron chi connectivity index (χ1n) is 20.1. The summed E-state index contributed by atoms with van der Waals surface area (Å²) in [6, 6.07) is 0. The van der Waals surface area contributed by atoms with Crippen molar-refractivity contribution >= 4 is 47.6 Å². The minimum Gasteiger partial charge on any atom is -0.480 e. The molecule has 0 aliphatic carbocycles. The normalized spacial score (nSPS) is 20.9. The van der Waals surface area contributed by atoms with Gasteiger partial charge in [0.15, 0.2) is 0 Å². The van der Waals surface area contributed by atoms with Crippen molar-refractivity contribution in [3.05, 3.63) is 0 Å². The molecule has 24 heteroatoms. The highest BCUT2D eigenvalue weighted by Gasteiger charge is 2.28. The predicted molar refractivity (Wildman–Crippen MR) is 210 cm³/mol. The molecule has 0 aromatic rings. The van der Waals surface area contributed by atoms with Crippen LogP contribution in [0.4, 0.5) is 0 Å². The lowest BCUT2D eigenvalue weighted by molar-refractivity contribution is -0.142. The number of carboxylic acid groups (broad SMARTS) is 6. The molecule has 3 fully saturated rings. The lowest BCUT2D eigenvalue weighted by atomic mass is 10.2. The van der Waals surface area contributed by atoms with Crippen molar-refractivity contribution in [1.82, 2.24) is 49.0 Å². The van der Waals surface area contributed by atoms with E-state index in [1.165, 1.54) is 0 Å². The zero-order valence-electron chi connectivity index (χ0n) is 34.2. The fourth-order valence-electron chi connectivity index (χ4n) is 7.36. The molecule has 3 heterocycles. The number of amides is 2. The molecule has 2 amide bonds. The van der Waals surface area contributed by atoms with E-state index in [1.54, 1.807) is 39.2 Å². The molecule has 3 saturated heterocycles. The number of rotatable bonds is 16. The number of piperazine rings is 1. The number of nitrogens with zero attached hydrogens (tertiary/aromatic N) is 10. The molecule has 3 aliphatic heterocycles. The fourth-order valence-corrected chi connectivity index (χ4v) is 7.36. The Morgan fingerprint density at radius 2 is 0.367 bits per heavy atom. The highest BCUT2D eigenvalue weighted by molar-refractivity contribution is 5.80. The van der Waals surface area contributed by atoms with Crippen LogP contribution in [0.3, 0.4) is 0 Å². The number of hydrogen-bond donors (Lipinski definition) is 6. The summed E-state index contributed by atoms with van der Waals surface area (Å²) in [5, 5.41) is 56.8. The molecule has 0 aromatic carbocycles. The van der Waals surface area contributed by atoms with Crippen molar-refractivity contribution in [2.24, 2.45) is 0 Å². The molecule has 60 heavy (non-hydrogen) atoms. The van der Waals surface area contributed by atoms with Gasteiger partial charge in [0, 0.05) is 131 Å². The third kappa shape index (κ3) is 20.1. The van der Waals surface area contributed by atoms with Gasteiger partial charge in [0.2, 0.25) is 11.8 Å². The quantitative estimate of drug-likeness (QED) is 0.0845. The second-order valence-corrected chi connectivity index (χ2v) is 15.3. The molecular formula is C36H62N10O14. The Labute approximate surface area is 348 Å². The Morgan fingerprint density at radius 3 is 0.500 bits per heavy atom. The van der Waals surface area contributed by atoms with Crippen LogP contribution in [0.5, 0.6) is 0 Å². The van der Waals surface area contributed by atoms with Crippen LogP contribution in [-0.2, 0) is 38.4 Å². The molecule has 0 bridgehead atoms. The number of carbonyl (C=O) groups is 8. The summed E-state index contributed by atoms with van der Waals surface area (Å²) < 4.78 is 0. The molecule has 0 unspecified atom stereocenters. The summed E-state index contributed by atoms with van der Waals surface area (Å²) in [6.07, 6.45) is 0. The van der Waals surface area contributed by atoms with Gasteiger partial charge >= 0.3 is 35.8 Å². The Balaban J connectivity index is 1.63. The van der Waals surface area contributed by atoms with Crippen molar-refractivity contribution < 1.29 is 69.0 Å². The molecule has 0 saturated carbocycles. The molecule has 24 nitrogen and oxygen atoms in total. The summed E-state index contributed by atoms with van der Waals surface area (Å²) in [7, 11) is 0. The van der Waals surface area contributed by atoms with Crippen LogP contribution in [0, 0.1) is 0 Å². The van der Waals surface area contributed by atoms with Crippen LogP contribution >= 0.6 is 0 Å². The topological polar surface area (TPSA) is 290 Å². The van der Waals surface area contributed by atoms with Crippen LogP contribution in [0.2, 0.25) is 0 Å². The van der Waals surface area contributed by atoms with Gasteiger partial charge in [-0.2, -0.15) is 0 Å². The lowest BCUT2D eigenvalue weighted by Gasteiger charge is -2.38. The van der Waals surface area contributed by atoms with E-state index in [4.69, 9.17) is 0 Å². The lowest BCUT2D eigenvalue weighted by Crippen LogP contribution is -2.55. The van der Waals surface area contributed by atoms with E-state index in [1.807, 2.05) is 9.80 Å². The van der Waals surface area contributed by atoms with E-state index in [-0.39, 0.29) is 169 Å². The number of carbonyl (C=O) groups excluding carboxylic acids is 2. The summed E-state index contributed by atoms with van der Waals surface area (Å²) in [5.41, 5.74) is 0. The van der Waals surface area contributed by atoms with E-state index in [9.17, 15) is 69.0 Å². The monoisotopic (exact) mass is 858 g/mol. The standard InChI is InChI=1S/C36H62N10O14/c47-29(21-37-1-5-39(23-31(49)50)9-13-43(27-35(57)58)14-10-40(6-2-37)24-32(51)52)45-17-19-46(20-18-45)30(48)22-38-3-7-41(25-33(53)54)11-15-44(28-36(59)60)16-12-42(8-4-38)26-34(55)56/h1-28H2,(H,49,50)(H,51,52)(H,53,54)(H,55,56)(H,57,58)(H,59,60). The summed E-state index contributed by atoms with van der Waals surface area (Å²) in [6.45, 7) is 3.52. The molecule has 340 valence electrons. The Morgan fingerprint density at radius 1 is 0.233 bits per heavy atom. The van der Waals surface area contributed by atoms with Gasteiger partial charge in [0.1, 0.15) is 0 Å². The Hall–Kier alpha value is -4.56. The third-order valence-electron chi connectivity index (χ3n) is 10.7. The Bertz CT molecular complexity index is 1300. The smallest absolute Gasteiger partial charge is 0.317 e. The first-order chi connectivity index (χ1) is 28.4. The van der Waals surface area contributed by atoms with Crippen LogP contribution in [-0.4, -0.2) is 311 Å². The average Bonchev–Trinajstić information content (AvgIpc) is 3.15. The molecule has 0 radical (unpaired) electrons. The largest absolute Gasteiger partial charge is 0.480 e. The molecule has 0 aromatic heterocycles. The summed E-state index contributed by atoms with van der Waals surface area (Å²) >= 11 is 0. The highest BCUT2D eigenvalue weighted by atomic mass is 16.4. The zero-order chi connectivity index (χ0) is 44.2. The van der Waals surface area contributed by atoms with Gasteiger partial charge in [-0.1, -0.05) is 0 Å². The maximum atomic E-state index is 13.6. The maximum Gasteiger partial charge on any atom is 0.317 e. The van der Waals surface area contributed by atoms with Crippen molar-refractivity contribution in [1.29, 1.82) is 0 Å². The maximum absolute atomic E-state index is 13.6. The SMILES string of the molecule is O=C(O)CN1CCN(CC(=O)O)CCN(CC(=O)N2CCN(C(=O)CN3CCN(CC(=O)O)CCN(CC(=O)O)CCN(CC(=O)O)CC3)CC2)CCN(CC(=O)O)CC1. The van der Waals surface area contributed by atoms with Crippen molar-refractivity contribution in [2.45, 2.75) is 0 Å². The highest BCUT2D eigenvalue weighted by Crippen LogP contribution is 2.08. The van der Waals surface area contributed by atoms with E-state index in [2.05, 4.69) is 0 Å². The van der Waals surface area contributed by atoms with Gasteiger partial charge in [-0.25, -0.2) is 0 Å². The van der Waals surface area contributed by atoms with E-state index in [0.29, 0.717) is 26.2 Å². The van der Waals surface area contributed by atoms with Crippen LogP contribution in [0.15, 0.2) is 0 Å². The minimum atomic E-state index is -1.05. The number of aliphatic carboxylic acids is 6. The molecule has 0 spiro atoms. The van der Waals surface area contributed by atoms with E-state index < -0.39 is 35.8 Å². The van der Waals surface area contributed by atoms with Gasteiger partial charge in [-0.15, -0.1) is 0 Å². The third-order valence-corrected chi connectivity index (χ3v) is 10.7. The molecular weight excluding hydrogens is 796 g/mol. The van der Waals surface area contributed by atoms with E-state index >= 15 is 0 Å². The molecule has 3 rings (SSSR count). The first-order valence-corrected chi connectivity index (χ1v) is 20.1. The fraction of sp³-hybridized carbons (Fsp3) is 0.778. The van der Waals surface area contributed by atoms with Crippen LogP contribution in [0.25, 0.3) is 0 Å². The van der Waals surface area contributed by atoms with Gasteiger partial charge < -0.3 is 40.4 Å². The Kier molecular flexibility index (Phi) is 21.5. The van der Waals surface area contributed by atoms with Gasteiger partial charge in [0.25, 0.3) is 0 Å².